The number of hydrazone groups is 1. The fraction of sp³-hybridized carbons (Fsp3) is 0.150. The summed E-state index contributed by atoms with van der Waals surface area (Å²) in [5.41, 5.74) is -0.933. The molecule has 0 spiro atoms. The molecule has 0 saturated heterocycles. The summed E-state index contributed by atoms with van der Waals surface area (Å²) in [6.07, 6.45) is 0. The number of rotatable bonds is 3. The summed E-state index contributed by atoms with van der Waals surface area (Å²) in [7, 11) is 0. The number of nitrogens with one attached hydrogen (secondary N) is 1. The SMILES string of the molecule is CC1=NN(c2ccccc2)C(=O)C1(O)c1c(C)[nH]n(-c2ccccc2)c1=O. The first kappa shape index (κ1) is 17.0. The molecule has 1 aromatic heterocycles. The highest BCUT2D eigenvalue weighted by atomic mass is 16.3. The van der Waals surface area contributed by atoms with Gasteiger partial charge < -0.3 is 5.11 Å². The average molecular weight is 362 g/mol. The molecular formula is C20H18N4O3. The van der Waals surface area contributed by atoms with Crippen LogP contribution in [0, 0.1) is 6.92 Å². The van der Waals surface area contributed by atoms with E-state index >= 15 is 0 Å². The molecule has 0 saturated carbocycles. The number of hydrogen-bond donors (Lipinski definition) is 2. The van der Waals surface area contributed by atoms with Gasteiger partial charge in [0.2, 0.25) is 5.60 Å². The van der Waals surface area contributed by atoms with Crippen LogP contribution < -0.4 is 10.6 Å². The predicted octanol–water partition coefficient (Wildman–Crippen LogP) is 2.08. The van der Waals surface area contributed by atoms with Gasteiger partial charge in [0.1, 0.15) is 0 Å². The van der Waals surface area contributed by atoms with Crippen LogP contribution >= 0.6 is 0 Å². The minimum absolute atomic E-state index is 0.0176. The Morgan fingerprint density at radius 1 is 0.926 bits per heavy atom. The number of carbonyl (C=O) groups is 1. The molecule has 27 heavy (non-hydrogen) atoms. The summed E-state index contributed by atoms with van der Waals surface area (Å²) >= 11 is 0. The quantitative estimate of drug-likeness (QED) is 0.747. The van der Waals surface area contributed by atoms with Gasteiger partial charge in [0.05, 0.1) is 22.6 Å². The zero-order valence-electron chi connectivity index (χ0n) is 14.9. The van der Waals surface area contributed by atoms with Gasteiger partial charge in [-0.15, -0.1) is 0 Å². The second kappa shape index (κ2) is 6.07. The lowest BCUT2D eigenvalue weighted by molar-refractivity contribution is -0.130. The number of anilines is 1. The molecule has 0 aliphatic carbocycles. The lowest BCUT2D eigenvalue weighted by atomic mass is 9.89. The Kier molecular flexibility index (Phi) is 3.82. The molecular weight excluding hydrogens is 344 g/mol. The molecule has 0 bridgehead atoms. The predicted molar refractivity (Wildman–Crippen MR) is 102 cm³/mol. The van der Waals surface area contributed by atoms with Gasteiger partial charge in [-0.05, 0) is 38.1 Å². The van der Waals surface area contributed by atoms with Crippen LogP contribution in [-0.4, -0.2) is 26.5 Å². The van der Waals surface area contributed by atoms with E-state index in [1.54, 1.807) is 62.4 Å². The molecule has 7 nitrogen and oxygen atoms in total. The second-order valence-electron chi connectivity index (χ2n) is 6.44. The Balaban J connectivity index is 1.85. The van der Waals surface area contributed by atoms with Gasteiger partial charge >= 0.3 is 0 Å². The third kappa shape index (κ3) is 2.43. The van der Waals surface area contributed by atoms with Gasteiger partial charge in [0.15, 0.2) is 0 Å². The highest BCUT2D eigenvalue weighted by Gasteiger charge is 2.53. The maximum absolute atomic E-state index is 13.1. The van der Waals surface area contributed by atoms with Crippen molar-refractivity contribution in [2.45, 2.75) is 19.4 Å². The van der Waals surface area contributed by atoms with Crippen LogP contribution in [0.4, 0.5) is 5.69 Å². The van der Waals surface area contributed by atoms with E-state index in [0.717, 1.165) is 5.01 Å². The summed E-state index contributed by atoms with van der Waals surface area (Å²) in [4.78, 5) is 26.2. The Bertz CT molecular complexity index is 1100. The zero-order chi connectivity index (χ0) is 19.2. The van der Waals surface area contributed by atoms with E-state index in [0.29, 0.717) is 17.1 Å². The molecule has 0 radical (unpaired) electrons. The fourth-order valence-corrected chi connectivity index (χ4v) is 3.34. The van der Waals surface area contributed by atoms with E-state index in [2.05, 4.69) is 10.2 Å². The molecule has 2 heterocycles. The van der Waals surface area contributed by atoms with Crippen LogP contribution in [0.15, 0.2) is 70.6 Å². The van der Waals surface area contributed by atoms with Gasteiger partial charge in [-0.3, -0.25) is 14.7 Å². The van der Waals surface area contributed by atoms with Crippen molar-refractivity contribution in [1.82, 2.24) is 9.78 Å². The van der Waals surface area contributed by atoms with Crippen LogP contribution in [0.3, 0.4) is 0 Å². The number of aryl methyl sites for hydroxylation is 1. The summed E-state index contributed by atoms with van der Waals surface area (Å²) in [6.45, 7) is 3.19. The number of aromatic amines is 1. The summed E-state index contributed by atoms with van der Waals surface area (Å²) in [5, 5.41) is 19.6. The van der Waals surface area contributed by atoms with Gasteiger partial charge in [0.25, 0.3) is 11.5 Å². The maximum Gasteiger partial charge on any atom is 0.290 e. The molecule has 1 atom stereocenters. The number of H-pyrrole nitrogens is 1. The maximum atomic E-state index is 13.1. The van der Waals surface area contributed by atoms with Crippen molar-refractivity contribution in [3.8, 4) is 5.69 Å². The van der Waals surface area contributed by atoms with Crippen LogP contribution in [0.25, 0.3) is 5.69 Å². The minimum Gasteiger partial charge on any atom is -0.371 e. The number of aliphatic hydroxyl groups is 1. The third-order valence-electron chi connectivity index (χ3n) is 4.72. The van der Waals surface area contributed by atoms with Crippen LogP contribution in [-0.2, 0) is 10.4 Å². The van der Waals surface area contributed by atoms with Crippen LogP contribution in [0.2, 0.25) is 0 Å². The first-order valence-electron chi connectivity index (χ1n) is 8.49. The smallest absolute Gasteiger partial charge is 0.290 e. The fourth-order valence-electron chi connectivity index (χ4n) is 3.34. The van der Waals surface area contributed by atoms with Crippen molar-refractivity contribution in [3.63, 3.8) is 0 Å². The molecule has 1 amide bonds. The van der Waals surface area contributed by atoms with E-state index in [4.69, 9.17) is 0 Å². The topological polar surface area (TPSA) is 90.7 Å². The lowest BCUT2D eigenvalue weighted by Gasteiger charge is -2.21. The van der Waals surface area contributed by atoms with Crippen molar-refractivity contribution in [3.05, 3.63) is 82.3 Å². The minimum atomic E-state index is -2.12. The Morgan fingerprint density at radius 2 is 1.48 bits per heavy atom. The van der Waals surface area contributed by atoms with Crippen molar-refractivity contribution in [2.75, 3.05) is 5.01 Å². The number of aromatic nitrogens is 2. The molecule has 0 fully saturated rings. The molecule has 1 unspecified atom stereocenters. The monoisotopic (exact) mass is 362 g/mol. The first-order chi connectivity index (χ1) is 12.9. The standard InChI is InChI=1S/C20H18N4O3/c1-13-17(18(25)23(21-13)15-9-5-3-6-10-15)20(27)14(2)22-24(19(20)26)16-11-7-4-8-12-16/h3-12,21,27H,1-2H3. The van der Waals surface area contributed by atoms with Crippen molar-refractivity contribution in [1.29, 1.82) is 0 Å². The highest BCUT2D eigenvalue weighted by molar-refractivity contribution is 6.21. The zero-order valence-corrected chi connectivity index (χ0v) is 14.9. The molecule has 1 aliphatic rings. The van der Waals surface area contributed by atoms with E-state index < -0.39 is 17.1 Å². The van der Waals surface area contributed by atoms with Gasteiger partial charge in [-0.25, -0.2) is 4.68 Å². The number of benzene rings is 2. The largest absolute Gasteiger partial charge is 0.371 e. The Labute approximate surface area is 155 Å². The Morgan fingerprint density at radius 3 is 2.07 bits per heavy atom. The average Bonchev–Trinajstić information content (AvgIpc) is 3.11. The van der Waals surface area contributed by atoms with E-state index in [1.165, 1.54) is 4.68 Å². The number of hydrogen-bond acceptors (Lipinski definition) is 4. The second-order valence-corrected chi connectivity index (χ2v) is 6.44. The summed E-state index contributed by atoms with van der Waals surface area (Å²) in [5.74, 6) is -0.675. The number of amides is 1. The summed E-state index contributed by atoms with van der Waals surface area (Å²) in [6, 6.07) is 17.8. The van der Waals surface area contributed by atoms with Gasteiger partial charge in [-0.1, -0.05) is 36.4 Å². The van der Waals surface area contributed by atoms with Gasteiger partial charge in [0, 0.05) is 5.69 Å². The highest BCUT2D eigenvalue weighted by Crippen LogP contribution is 2.33. The van der Waals surface area contributed by atoms with E-state index in [-0.39, 0.29) is 11.3 Å². The van der Waals surface area contributed by atoms with Gasteiger partial charge in [-0.2, -0.15) is 10.1 Å². The van der Waals surface area contributed by atoms with Crippen molar-refractivity contribution in [2.24, 2.45) is 5.10 Å². The van der Waals surface area contributed by atoms with Crippen LogP contribution in [0.5, 0.6) is 0 Å². The number of carbonyl (C=O) groups excluding carboxylic acids is 1. The molecule has 2 aromatic carbocycles. The lowest BCUT2D eigenvalue weighted by Crippen LogP contribution is -2.46. The molecule has 7 heteroatoms. The molecule has 136 valence electrons. The molecule has 2 N–H and O–H groups in total. The van der Waals surface area contributed by atoms with E-state index in [9.17, 15) is 14.7 Å². The van der Waals surface area contributed by atoms with Crippen molar-refractivity contribution >= 4 is 17.3 Å². The van der Waals surface area contributed by atoms with Crippen LogP contribution in [0.1, 0.15) is 18.2 Å². The first-order valence-corrected chi connectivity index (χ1v) is 8.49. The third-order valence-corrected chi connectivity index (χ3v) is 4.72. The van der Waals surface area contributed by atoms with Crippen molar-refractivity contribution < 1.29 is 9.90 Å². The van der Waals surface area contributed by atoms with E-state index in [1.807, 2.05) is 12.1 Å². The molecule has 4 rings (SSSR count). The number of nitrogens with zero attached hydrogens (tertiary/aromatic N) is 3. The summed E-state index contributed by atoms with van der Waals surface area (Å²) < 4.78 is 1.31. The Hall–Kier alpha value is -3.45. The molecule has 1 aliphatic heterocycles. The normalized spacial score (nSPS) is 19.4. The number of para-hydroxylation sites is 2. The molecule has 3 aromatic rings.